The van der Waals surface area contributed by atoms with E-state index in [1.165, 1.54) is 0 Å². The van der Waals surface area contributed by atoms with Gasteiger partial charge < -0.3 is 5.73 Å². The third kappa shape index (κ3) is 0.962. The molecule has 1 aliphatic carbocycles. The van der Waals surface area contributed by atoms with Gasteiger partial charge in [-0.25, -0.2) is 0 Å². The second-order valence-corrected chi connectivity index (χ2v) is 2.15. The summed E-state index contributed by atoms with van der Waals surface area (Å²) in [5.74, 6) is 0. The molecule has 0 aliphatic heterocycles. The zero-order valence-corrected chi connectivity index (χ0v) is 4.05. The molecular weight excluding hydrogens is 92.1 g/mol. The molecule has 40 valence electrons. The number of nitroso groups, excluding NO2 is 1. The van der Waals surface area contributed by atoms with Gasteiger partial charge >= 0.3 is 0 Å². The molecule has 1 aliphatic rings. The molecule has 0 amide bonds. The van der Waals surface area contributed by atoms with Crippen molar-refractivity contribution in [3.8, 4) is 0 Å². The van der Waals surface area contributed by atoms with E-state index in [-0.39, 0.29) is 5.54 Å². The minimum atomic E-state index is -0.179. The molecule has 0 atom stereocenters. The van der Waals surface area contributed by atoms with Crippen molar-refractivity contribution in [2.24, 2.45) is 10.9 Å². The average molecular weight is 100 g/mol. The Bertz CT molecular complexity index is 87.7. The van der Waals surface area contributed by atoms with Crippen LogP contribution in [0.2, 0.25) is 0 Å². The summed E-state index contributed by atoms with van der Waals surface area (Å²) in [6, 6.07) is 0. The first-order valence-electron chi connectivity index (χ1n) is 2.35. The van der Waals surface area contributed by atoms with Crippen molar-refractivity contribution in [1.82, 2.24) is 0 Å². The van der Waals surface area contributed by atoms with Crippen molar-refractivity contribution in [3.63, 3.8) is 0 Å². The van der Waals surface area contributed by atoms with Crippen LogP contribution in [0, 0.1) is 4.91 Å². The zero-order valence-electron chi connectivity index (χ0n) is 4.05. The molecule has 1 rings (SSSR count). The lowest BCUT2D eigenvalue weighted by atomic mass is 10.3. The molecule has 0 radical (unpaired) electrons. The molecule has 3 nitrogen and oxygen atoms in total. The quantitative estimate of drug-likeness (QED) is 0.505. The molecule has 1 fully saturated rings. The lowest BCUT2D eigenvalue weighted by molar-refractivity contribution is 0.686. The Labute approximate surface area is 41.9 Å². The fourth-order valence-corrected chi connectivity index (χ4v) is 0.447. The van der Waals surface area contributed by atoms with Crippen molar-refractivity contribution >= 4 is 0 Å². The molecular formula is C4H8N2O. The maximum atomic E-state index is 9.53. The highest BCUT2D eigenvalue weighted by atomic mass is 16.3. The summed E-state index contributed by atoms with van der Waals surface area (Å²) in [6.45, 7) is 0.299. The number of hydrogen-bond acceptors (Lipinski definition) is 3. The first kappa shape index (κ1) is 4.71. The average Bonchev–Trinajstić information content (AvgIpc) is 2.22. The maximum Gasteiger partial charge on any atom is 0.0990 e. The topological polar surface area (TPSA) is 55.4 Å². The smallest absolute Gasteiger partial charge is 0.0990 e. The van der Waals surface area contributed by atoms with Gasteiger partial charge in [-0.05, 0) is 12.8 Å². The second kappa shape index (κ2) is 1.26. The highest BCUT2D eigenvalue weighted by Gasteiger charge is 2.38. The maximum absolute atomic E-state index is 9.53. The van der Waals surface area contributed by atoms with Crippen LogP contribution in [0.25, 0.3) is 0 Å². The summed E-state index contributed by atoms with van der Waals surface area (Å²) < 4.78 is 0. The first-order chi connectivity index (χ1) is 3.27. The van der Waals surface area contributed by atoms with Crippen LogP contribution in [0.5, 0.6) is 0 Å². The number of nitrogens with two attached hydrogens (primary N) is 1. The van der Waals surface area contributed by atoms with Crippen molar-refractivity contribution in [2.75, 3.05) is 6.54 Å². The van der Waals surface area contributed by atoms with Crippen LogP contribution in [-0.2, 0) is 0 Å². The Kier molecular flexibility index (Phi) is 0.852. The Hall–Kier alpha value is -0.440. The van der Waals surface area contributed by atoms with Gasteiger partial charge in [0.15, 0.2) is 0 Å². The van der Waals surface area contributed by atoms with Crippen LogP contribution in [-0.4, -0.2) is 12.1 Å². The fraction of sp³-hybridized carbons (Fsp3) is 1.00. The monoisotopic (exact) mass is 100 g/mol. The van der Waals surface area contributed by atoms with Crippen molar-refractivity contribution < 1.29 is 0 Å². The van der Waals surface area contributed by atoms with Crippen molar-refractivity contribution in [1.29, 1.82) is 0 Å². The molecule has 3 heteroatoms. The Balaban J connectivity index is 2.25. The largest absolute Gasteiger partial charge is 0.323 e. The highest BCUT2D eigenvalue weighted by molar-refractivity contribution is 5.00. The molecule has 0 heterocycles. The third-order valence-electron chi connectivity index (χ3n) is 1.27. The lowest BCUT2D eigenvalue weighted by Crippen LogP contribution is -2.24. The predicted molar refractivity (Wildman–Crippen MR) is 26.8 cm³/mol. The number of hydrogen-bond donors (Lipinski definition) is 1. The van der Waals surface area contributed by atoms with Gasteiger partial charge in [-0.2, -0.15) is 4.91 Å². The summed E-state index contributed by atoms with van der Waals surface area (Å²) in [5.41, 5.74) is 5.28. The molecule has 0 spiro atoms. The molecule has 2 N–H and O–H groups in total. The van der Waals surface area contributed by atoms with Crippen LogP contribution < -0.4 is 5.73 Å². The van der Waals surface area contributed by atoms with E-state index in [1.807, 2.05) is 0 Å². The van der Waals surface area contributed by atoms with E-state index in [1.54, 1.807) is 0 Å². The molecule has 0 aromatic carbocycles. The van der Waals surface area contributed by atoms with Gasteiger partial charge in [-0.1, -0.05) is 5.18 Å². The van der Waals surface area contributed by atoms with E-state index < -0.39 is 0 Å². The van der Waals surface area contributed by atoms with E-state index in [0.29, 0.717) is 6.54 Å². The predicted octanol–water partition coefficient (Wildman–Crippen LogP) is 0.244. The van der Waals surface area contributed by atoms with Crippen LogP contribution in [0.4, 0.5) is 0 Å². The first-order valence-corrected chi connectivity index (χ1v) is 2.35. The highest BCUT2D eigenvalue weighted by Crippen LogP contribution is 2.31. The lowest BCUT2D eigenvalue weighted by Gasteiger charge is -1.95. The summed E-state index contributed by atoms with van der Waals surface area (Å²) >= 11 is 0. The summed E-state index contributed by atoms with van der Waals surface area (Å²) in [7, 11) is 0. The van der Waals surface area contributed by atoms with Crippen LogP contribution in [0.15, 0.2) is 5.18 Å². The van der Waals surface area contributed by atoms with Crippen molar-refractivity contribution in [3.05, 3.63) is 4.91 Å². The second-order valence-electron chi connectivity index (χ2n) is 2.15. The van der Waals surface area contributed by atoms with Gasteiger partial charge in [0.1, 0.15) is 0 Å². The van der Waals surface area contributed by atoms with Crippen LogP contribution in [0.1, 0.15) is 12.8 Å². The third-order valence-corrected chi connectivity index (χ3v) is 1.27. The minimum Gasteiger partial charge on any atom is -0.323 e. The van der Waals surface area contributed by atoms with Gasteiger partial charge in [0.2, 0.25) is 0 Å². The minimum absolute atomic E-state index is 0.179. The Morgan fingerprint density at radius 2 is 2.29 bits per heavy atom. The Morgan fingerprint density at radius 3 is 2.43 bits per heavy atom. The number of nitrogens with zero attached hydrogens (tertiary/aromatic N) is 1. The van der Waals surface area contributed by atoms with Gasteiger partial charge in [-0.15, -0.1) is 0 Å². The standard InChI is InChI=1S/C4H8N2O/c5-4(1-2-4)3-6-7/h1-3,5H2. The molecule has 0 aromatic rings. The van der Waals surface area contributed by atoms with Gasteiger partial charge in [0.05, 0.1) is 6.54 Å². The molecule has 1 saturated carbocycles. The van der Waals surface area contributed by atoms with Gasteiger partial charge in [0, 0.05) is 5.54 Å². The van der Waals surface area contributed by atoms with E-state index in [4.69, 9.17) is 5.73 Å². The van der Waals surface area contributed by atoms with E-state index in [2.05, 4.69) is 5.18 Å². The normalized spacial score (nSPS) is 24.1. The zero-order chi connectivity index (χ0) is 5.33. The van der Waals surface area contributed by atoms with E-state index in [0.717, 1.165) is 12.8 Å². The van der Waals surface area contributed by atoms with Gasteiger partial charge in [0.25, 0.3) is 0 Å². The number of rotatable bonds is 2. The van der Waals surface area contributed by atoms with Crippen LogP contribution >= 0.6 is 0 Å². The van der Waals surface area contributed by atoms with E-state index >= 15 is 0 Å². The van der Waals surface area contributed by atoms with Crippen LogP contribution in [0.3, 0.4) is 0 Å². The van der Waals surface area contributed by atoms with Gasteiger partial charge in [-0.3, -0.25) is 0 Å². The molecule has 0 bridgehead atoms. The van der Waals surface area contributed by atoms with E-state index in [9.17, 15) is 4.91 Å². The fourth-order valence-electron chi connectivity index (χ4n) is 0.447. The summed E-state index contributed by atoms with van der Waals surface area (Å²) in [6.07, 6.45) is 1.94. The summed E-state index contributed by atoms with van der Waals surface area (Å²) in [4.78, 5) is 9.53. The molecule has 7 heavy (non-hydrogen) atoms. The van der Waals surface area contributed by atoms with Crippen molar-refractivity contribution in [2.45, 2.75) is 18.4 Å². The Morgan fingerprint density at radius 1 is 1.71 bits per heavy atom. The molecule has 0 unspecified atom stereocenters. The molecule has 0 saturated heterocycles. The summed E-state index contributed by atoms with van der Waals surface area (Å²) in [5, 5.41) is 2.69. The SMILES string of the molecule is NC1(CN=O)CC1. The molecule has 0 aromatic heterocycles.